The first kappa shape index (κ1) is 19.2. The lowest BCUT2D eigenvalue weighted by molar-refractivity contribution is -0.134. The standard InChI is InChI=1S/C21H18N6O3S/c1-29-15-8-6-14(7-9-15)16-12-17(18-4-2-10-30-18)27(23-16)20(28)13-26-24-21(22-25-26)19-5-3-11-31-19/h2-11,17H,12-13H2,1H3/t17-/m1/s1. The SMILES string of the molecule is COc1ccc(C2=NN(C(=O)Cn3nnc(-c4cccs4)n3)[C@@H](c3ccco3)C2)cc1. The van der Waals surface area contributed by atoms with Gasteiger partial charge in [-0.15, -0.1) is 21.5 Å². The van der Waals surface area contributed by atoms with Gasteiger partial charge >= 0.3 is 0 Å². The third kappa shape index (κ3) is 3.84. The van der Waals surface area contributed by atoms with Crippen molar-refractivity contribution in [1.82, 2.24) is 25.2 Å². The highest BCUT2D eigenvalue weighted by Crippen LogP contribution is 2.33. The molecule has 5 rings (SSSR count). The van der Waals surface area contributed by atoms with Crippen molar-refractivity contribution in [3.05, 3.63) is 71.5 Å². The van der Waals surface area contributed by atoms with Crippen molar-refractivity contribution in [2.75, 3.05) is 7.11 Å². The number of furan rings is 1. The minimum absolute atomic E-state index is 0.0744. The van der Waals surface area contributed by atoms with Crippen LogP contribution in [0.25, 0.3) is 10.7 Å². The fourth-order valence-corrected chi connectivity index (χ4v) is 4.06. The predicted octanol–water partition coefficient (Wildman–Crippen LogP) is 3.38. The van der Waals surface area contributed by atoms with E-state index < -0.39 is 0 Å². The van der Waals surface area contributed by atoms with Crippen LogP contribution in [0, 0.1) is 0 Å². The molecule has 4 heterocycles. The summed E-state index contributed by atoms with van der Waals surface area (Å²) in [4.78, 5) is 15.3. The molecule has 1 atom stereocenters. The number of aromatic nitrogens is 4. The van der Waals surface area contributed by atoms with Crippen molar-refractivity contribution in [1.29, 1.82) is 0 Å². The van der Waals surface area contributed by atoms with Crippen molar-refractivity contribution in [2.45, 2.75) is 19.0 Å². The Labute approximate surface area is 181 Å². The summed E-state index contributed by atoms with van der Waals surface area (Å²) in [6, 6.07) is 14.7. The number of carbonyl (C=O) groups excluding carboxylic acids is 1. The van der Waals surface area contributed by atoms with E-state index >= 15 is 0 Å². The van der Waals surface area contributed by atoms with Crippen LogP contribution in [-0.2, 0) is 11.3 Å². The van der Waals surface area contributed by atoms with Gasteiger partial charge in [-0.3, -0.25) is 4.79 Å². The van der Waals surface area contributed by atoms with Crippen LogP contribution in [-0.4, -0.2) is 43.9 Å². The molecule has 10 heteroatoms. The van der Waals surface area contributed by atoms with Gasteiger partial charge in [-0.05, 0) is 58.6 Å². The van der Waals surface area contributed by atoms with Gasteiger partial charge < -0.3 is 9.15 Å². The first-order valence-electron chi connectivity index (χ1n) is 9.60. The van der Waals surface area contributed by atoms with E-state index in [9.17, 15) is 4.79 Å². The van der Waals surface area contributed by atoms with Gasteiger partial charge in [-0.2, -0.15) is 9.90 Å². The van der Waals surface area contributed by atoms with Crippen LogP contribution in [0.1, 0.15) is 23.8 Å². The maximum Gasteiger partial charge on any atom is 0.267 e. The minimum Gasteiger partial charge on any atom is -0.497 e. The van der Waals surface area contributed by atoms with Gasteiger partial charge in [0.2, 0.25) is 5.82 Å². The molecule has 1 aromatic carbocycles. The summed E-state index contributed by atoms with van der Waals surface area (Å²) in [5, 5.41) is 20.4. The van der Waals surface area contributed by atoms with E-state index in [1.165, 1.54) is 21.1 Å². The lowest BCUT2D eigenvalue weighted by atomic mass is 10.0. The highest BCUT2D eigenvalue weighted by Gasteiger charge is 2.35. The molecule has 3 aromatic heterocycles. The van der Waals surface area contributed by atoms with E-state index in [2.05, 4.69) is 20.5 Å². The number of nitrogens with zero attached hydrogens (tertiary/aromatic N) is 6. The zero-order chi connectivity index (χ0) is 21.2. The molecule has 0 bridgehead atoms. The van der Waals surface area contributed by atoms with Crippen LogP contribution in [0.4, 0.5) is 0 Å². The number of hydrogen-bond acceptors (Lipinski definition) is 8. The molecule has 1 amide bonds. The number of rotatable bonds is 6. The Hall–Kier alpha value is -3.79. The van der Waals surface area contributed by atoms with Gasteiger partial charge in [0, 0.05) is 6.42 Å². The van der Waals surface area contributed by atoms with Crippen molar-refractivity contribution >= 4 is 23.0 Å². The molecule has 156 valence electrons. The molecule has 0 spiro atoms. The van der Waals surface area contributed by atoms with E-state index in [-0.39, 0.29) is 18.5 Å². The lowest BCUT2D eigenvalue weighted by Gasteiger charge is -2.19. The molecule has 0 aliphatic carbocycles. The number of hydrazone groups is 1. The van der Waals surface area contributed by atoms with Crippen LogP contribution in [0.15, 0.2) is 69.7 Å². The second-order valence-corrected chi connectivity index (χ2v) is 7.82. The van der Waals surface area contributed by atoms with E-state index in [1.807, 2.05) is 47.8 Å². The number of thiophene rings is 1. The van der Waals surface area contributed by atoms with Crippen LogP contribution < -0.4 is 4.74 Å². The van der Waals surface area contributed by atoms with E-state index in [0.29, 0.717) is 18.0 Å². The van der Waals surface area contributed by atoms with Crippen molar-refractivity contribution in [3.8, 4) is 16.5 Å². The topological polar surface area (TPSA) is 98.6 Å². The normalized spacial score (nSPS) is 15.8. The number of amides is 1. The summed E-state index contributed by atoms with van der Waals surface area (Å²) in [5.41, 5.74) is 1.72. The molecular formula is C21H18N6O3S. The van der Waals surface area contributed by atoms with Crippen molar-refractivity contribution in [2.24, 2.45) is 5.10 Å². The van der Waals surface area contributed by atoms with Gasteiger partial charge in [-0.25, -0.2) is 5.01 Å². The Kier molecular flexibility index (Phi) is 5.04. The molecule has 1 aliphatic rings. The maximum absolute atomic E-state index is 13.1. The Bertz CT molecular complexity index is 1200. The van der Waals surface area contributed by atoms with Gasteiger partial charge in [0.05, 0.1) is 24.0 Å². The van der Waals surface area contributed by atoms with Crippen LogP contribution in [0.5, 0.6) is 5.75 Å². The second-order valence-electron chi connectivity index (χ2n) is 6.87. The summed E-state index contributed by atoms with van der Waals surface area (Å²) in [7, 11) is 1.62. The molecular weight excluding hydrogens is 416 g/mol. The molecule has 0 saturated carbocycles. The average molecular weight is 434 g/mol. The Balaban J connectivity index is 1.39. The third-order valence-corrected chi connectivity index (χ3v) is 5.80. The Morgan fingerprint density at radius 3 is 2.81 bits per heavy atom. The number of methoxy groups -OCH3 is 1. The molecule has 0 radical (unpaired) electrons. The number of ether oxygens (including phenoxy) is 1. The molecule has 1 aliphatic heterocycles. The fraction of sp³-hybridized carbons (Fsp3) is 0.190. The molecule has 31 heavy (non-hydrogen) atoms. The van der Waals surface area contributed by atoms with Crippen LogP contribution >= 0.6 is 11.3 Å². The van der Waals surface area contributed by atoms with E-state index in [0.717, 1.165) is 21.9 Å². The van der Waals surface area contributed by atoms with E-state index in [4.69, 9.17) is 9.15 Å². The summed E-state index contributed by atoms with van der Waals surface area (Å²) < 4.78 is 10.8. The van der Waals surface area contributed by atoms with E-state index in [1.54, 1.807) is 19.4 Å². The van der Waals surface area contributed by atoms with Gasteiger partial charge in [0.15, 0.2) is 0 Å². The zero-order valence-electron chi connectivity index (χ0n) is 16.6. The third-order valence-electron chi connectivity index (χ3n) is 4.93. The zero-order valence-corrected chi connectivity index (χ0v) is 17.4. The first-order chi connectivity index (χ1) is 15.2. The monoisotopic (exact) mass is 434 g/mol. The highest BCUT2D eigenvalue weighted by atomic mass is 32.1. The van der Waals surface area contributed by atoms with Gasteiger partial charge in [0.25, 0.3) is 5.91 Å². The van der Waals surface area contributed by atoms with Crippen molar-refractivity contribution < 1.29 is 13.9 Å². The quantitative estimate of drug-likeness (QED) is 0.461. The minimum atomic E-state index is -0.333. The average Bonchev–Trinajstić information content (AvgIpc) is 3.59. The molecule has 0 unspecified atom stereocenters. The second kappa shape index (κ2) is 8.15. The fourth-order valence-electron chi connectivity index (χ4n) is 3.41. The summed E-state index contributed by atoms with van der Waals surface area (Å²) >= 11 is 1.52. The van der Waals surface area contributed by atoms with Gasteiger partial charge in [-0.1, -0.05) is 6.07 Å². The van der Waals surface area contributed by atoms with Gasteiger partial charge in [0.1, 0.15) is 24.1 Å². The number of carbonyl (C=O) groups is 1. The summed E-state index contributed by atoms with van der Waals surface area (Å²) in [6.45, 7) is -0.0744. The number of tetrazole rings is 1. The van der Waals surface area contributed by atoms with Crippen LogP contribution in [0.2, 0.25) is 0 Å². The molecule has 9 nitrogen and oxygen atoms in total. The maximum atomic E-state index is 13.1. The van der Waals surface area contributed by atoms with Crippen molar-refractivity contribution in [3.63, 3.8) is 0 Å². The molecule has 0 N–H and O–H groups in total. The number of hydrogen-bond donors (Lipinski definition) is 0. The first-order valence-corrected chi connectivity index (χ1v) is 10.5. The lowest BCUT2D eigenvalue weighted by Crippen LogP contribution is -2.31. The Morgan fingerprint density at radius 1 is 1.23 bits per heavy atom. The Morgan fingerprint density at radius 2 is 2.10 bits per heavy atom. The predicted molar refractivity (Wildman–Crippen MR) is 114 cm³/mol. The highest BCUT2D eigenvalue weighted by molar-refractivity contribution is 7.13. The number of benzene rings is 1. The summed E-state index contributed by atoms with van der Waals surface area (Å²) in [6.07, 6.45) is 2.13. The molecule has 0 saturated heterocycles. The summed E-state index contributed by atoms with van der Waals surface area (Å²) in [5.74, 6) is 1.68. The van der Waals surface area contributed by atoms with Crippen LogP contribution in [0.3, 0.4) is 0 Å². The smallest absolute Gasteiger partial charge is 0.267 e. The molecule has 0 fully saturated rings. The largest absolute Gasteiger partial charge is 0.497 e. The molecule has 4 aromatic rings.